The highest BCUT2D eigenvalue weighted by atomic mass is 16.2. The normalized spacial score (nSPS) is 22.9. The van der Waals surface area contributed by atoms with Crippen LogP contribution in [0.1, 0.15) is 37.3 Å². The van der Waals surface area contributed by atoms with Gasteiger partial charge in [0, 0.05) is 19.4 Å². The van der Waals surface area contributed by atoms with Gasteiger partial charge in [0.25, 0.3) is 0 Å². The van der Waals surface area contributed by atoms with Gasteiger partial charge in [0.15, 0.2) is 0 Å². The summed E-state index contributed by atoms with van der Waals surface area (Å²) in [6, 6.07) is 9.89. The molecule has 106 valence electrons. The van der Waals surface area contributed by atoms with E-state index in [1.807, 2.05) is 36.4 Å². The van der Waals surface area contributed by atoms with Crippen molar-refractivity contribution in [2.45, 2.75) is 31.7 Å². The summed E-state index contributed by atoms with van der Waals surface area (Å²) >= 11 is 0. The van der Waals surface area contributed by atoms with Crippen LogP contribution < -0.4 is 10.6 Å². The highest BCUT2D eigenvalue weighted by Gasteiger charge is 2.14. The fourth-order valence-corrected chi connectivity index (χ4v) is 2.19. The SMILES string of the molecule is O=C1CCC(=O)N[C@@H](c2ccccc2)C/C=C\CCN1. The molecule has 0 radical (unpaired) electrons. The van der Waals surface area contributed by atoms with Crippen molar-refractivity contribution < 1.29 is 9.59 Å². The smallest absolute Gasteiger partial charge is 0.221 e. The summed E-state index contributed by atoms with van der Waals surface area (Å²) in [6.45, 7) is 0.632. The highest BCUT2D eigenvalue weighted by molar-refractivity contribution is 5.83. The Morgan fingerprint density at radius 2 is 1.70 bits per heavy atom. The molecule has 4 heteroatoms. The van der Waals surface area contributed by atoms with Gasteiger partial charge in [-0.2, -0.15) is 0 Å². The zero-order chi connectivity index (χ0) is 14.2. The first-order valence-electron chi connectivity index (χ1n) is 7.02. The molecule has 1 aliphatic heterocycles. The number of hydrogen-bond donors (Lipinski definition) is 2. The van der Waals surface area contributed by atoms with Crippen LogP contribution in [0.2, 0.25) is 0 Å². The average Bonchev–Trinajstić information content (AvgIpc) is 2.47. The summed E-state index contributed by atoms with van der Waals surface area (Å²) in [4.78, 5) is 23.4. The van der Waals surface area contributed by atoms with Crippen molar-refractivity contribution in [3.05, 3.63) is 48.0 Å². The van der Waals surface area contributed by atoms with E-state index in [9.17, 15) is 9.59 Å². The molecule has 2 N–H and O–H groups in total. The molecular formula is C16H20N2O2. The fourth-order valence-electron chi connectivity index (χ4n) is 2.19. The third kappa shape index (κ3) is 4.53. The van der Waals surface area contributed by atoms with Gasteiger partial charge in [0.05, 0.1) is 6.04 Å². The molecule has 1 aromatic rings. The van der Waals surface area contributed by atoms with Crippen molar-refractivity contribution in [1.82, 2.24) is 10.6 Å². The van der Waals surface area contributed by atoms with E-state index < -0.39 is 0 Å². The molecule has 2 rings (SSSR count). The van der Waals surface area contributed by atoms with Crippen molar-refractivity contribution in [2.75, 3.05) is 6.54 Å². The van der Waals surface area contributed by atoms with Gasteiger partial charge in [-0.25, -0.2) is 0 Å². The van der Waals surface area contributed by atoms with E-state index >= 15 is 0 Å². The van der Waals surface area contributed by atoms with Gasteiger partial charge < -0.3 is 10.6 Å². The highest BCUT2D eigenvalue weighted by Crippen LogP contribution is 2.17. The van der Waals surface area contributed by atoms with E-state index in [4.69, 9.17) is 0 Å². The first-order chi connectivity index (χ1) is 9.75. The van der Waals surface area contributed by atoms with Gasteiger partial charge in [-0.3, -0.25) is 9.59 Å². The molecule has 0 fully saturated rings. The van der Waals surface area contributed by atoms with Crippen LogP contribution in [0, 0.1) is 0 Å². The molecule has 0 saturated carbocycles. The third-order valence-electron chi connectivity index (χ3n) is 3.29. The summed E-state index contributed by atoms with van der Waals surface area (Å²) in [5, 5.41) is 5.80. The second-order valence-electron chi connectivity index (χ2n) is 4.88. The predicted octanol–water partition coefficient (Wildman–Crippen LogP) is 2.09. The lowest BCUT2D eigenvalue weighted by Gasteiger charge is -2.18. The molecule has 1 atom stereocenters. The van der Waals surface area contributed by atoms with Crippen molar-refractivity contribution in [1.29, 1.82) is 0 Å². The Balaban J connectivity index is 2.09. The van der Waals surface area contributed by atoms with Crippen LogP contribution in [0.4, 0.5) is 0 Å². The number of hydrogen-bond acceptors (Lipinski definition) is 2. The van der Waals surface area contributed by atoms with Crippen LogP contribution in [-0.2, 0) is 9.59 Å². The monoisotopic (exact) mass is 272 g/mol. The summed E-state index contributed by atoms with van der Waals surface area (Å²) in [6.07, 6.45) is 6.18. The molecule has 0 unspecified atom stereocenters. The number of amides is 2. The van der Waals surface area contributed by atoms with Crippen molar-refractivity contribution in [2.24, 2.45) is 0 Å². The van der Waals surface area contributed by atoms with Gasteiger partial charge in [-0.05, 0) is 18.4 Å². The van der Waals surface area contributed by atoms with Crippen LogP contribution in [0.25, 0.3) is 0 Å². The number of rotatable bonds is 1. The first kappa shape index (κ1) is 14.3. The van der Waals surface area contributed by atoms with Gasteiger partial charge in [0.1, 0.15) is 0 Å². The second kappa shape index (κ2) is 7.48. The van der Waals surface area contributed by atoms with Crippen molar-refractivity contribution in [3.8, 4) is 0 Å². The molecule has 0 saturated heterocycles. The first-order valence-corrected chi connectivity index (χ1v) is 7.02. The van der Waals surface area contributed by atoms with E-state index in [1.54, 1.807) is 0 Å². The minimum Gasteiger partial charge on any atom is -0.356 e. The molecular weight excluding hydrogens is 252 g/mol. The van der Waals surface area contributed by atoms with Crippen LogP contribution in [0.3, 0.4) is 0 Å². The number of carbonyl (C=O) groups excluding carboxylic acids is 2. The minimum absolute atomic E-state index is 0.0255. The van der Waals surface area contributed by atoms with E-state index in [-0.39, 0.29) is 30.7 Å². The Morgan fingerprint density at radius 1 is 0.950 bits per heavy atom. The van der Waals surface area contributed by atoms with Crippen molar-refractivity contribution in [3.63, 3.8) is 0 Å². The molecule has 0 aliphatic carbocycles. The topological polar surface area (TPSA) is 58.2 Å². The Kier molecular flexibility index (Phi) is 5.35. The maximum atomic E-state index is 11.9. The summed E-state index contributed by atoms with van der Waals surface area (Å²) in [7, 11) is 0. The number of benzene rings is 1. The Hall–Kier alpha value is -2.10. The number of nitrogens with one attached hydrogen (secondary N) is 2. The third-order valence-corrected chi connectivity index (χ3v) is 3.29. The van der Waals surface area contributed by atoms with Gasteiger partial charge >= 0.3 is 0 Å². The Morgan fingerprint density at radius 3 is 2.50 bits per heavy atom. The van der Waals surface area contributed by atoms with E-state index in [1.165, 1.54) is 0 Å². The van der Waals surface area contributed by atoms with Gasteiger partial charge in [0.2, 0.25) is 11.8 Å². The molecule has 2 amide bonds. The van der Waals surface area contributed by atoms with Crippen molar-refractivity contribution >= 4 is 11.8 Å². The van der Waals surface area contributed by atoms with E-state index in [0.29, 0.717) is 6.54 Å². The second-order valence-corrected chi connectivity index (χ2v) is 4.88. The van der Waals surface area contributed by atoms with E-state index in [0.717, 1.165) is 18.4 Å². The van der Waals surface area contributed by atoms with Gasteiger partial charge in [-0.1, -0.05) is 42.5 Å². The minimum atomic E-state index is -0.0806. The molecule has 1 aliphatic rings. The molecule has 0 aromatic heterocycles. The zero-order valence-corrected chi connectivity index (χ0v) is 11.5. The lowest BCUT2D eigenvalue weighted by atomic mass is 10.0. The standard InChI is InChI=1S/C16H20N2O2/c19-15-10-11-16(20)18-14(9-5-2-6-12-17-15)13-7-3-1-4-8-13/h1-5,7-8,14H,6,9-12H2,(H,17,19)(H,18,20)/b5-2-/t14-/m1/s1. The molecule has 20 heavy (non-hydrogen) atoms. The zero-order valence-electron chi connectivity index (χ0n) is 11.5. The average molecular weight is 272 g/mol. The summed E-state index contributed by atoms with van der Waals surface area (Å²) in [5.41, 5.74) is 1.09. The molecule has 1 aromatic carbocycles. The molecule has 4 nitrogen and oxygen atoms in total. The van der Waals surface area contributed by atoms with Crippen LogP contribution >= 0.6 is 0 Å². The fraction of sp³-hybridized carbons (Fsp3) is 0.375. The molecule has 0 bridgehead atoms. The lowest BCUT2D eigenvalue weighted by molar-refractivity contribution is -0.126. The quantitative estimate of drug-likeness (QED) is 0.769. The van der Waals surface area contributed by atoms with Gasteiger partial charge in [-0.15, -0.1) is 0 Å². The summed E-state index contributed by atoms with van der Waals surface area (Å²) < 4.78 is 0. The molecule has 0 spiro atoms. The maximum Gasteiger partial charge on any atom is 0.221 e. The Bertz CT molecular complexity index is 483. The summed E-state index contributed by atoms with van der Waals surface area (Å²) in [5.74, 6) is -0.145. The number of carbonyl (C=O) groups is 2. The lowest BCUT2D eigenvalue weighted by Crippen LogP contribution is -2.31. The van der Waals surface area contributed by atoms with Crippen LogP contribution in [-0.4, -0.2) is 18.4 Å². The largest absolute Gasteiger partial charge is 0.356 e. The van der Waals surface area contributed by atoms with Crippen LogP contribution in [0.5, 0.6) is 0 Å². The van der Waals surface area contributed by atoms with E-state index in [2.05, 4.69) is 16.7 Å². The maximum absolute atomic E-state index is 11.9. The Labute approximate surface area is 119 Å². The van der Waals surface area contributed by atoms with Crippen LogP contribution in [0.15, 0.2) is 42.5 Å². The predicted molar refractivity (Wildman–Crippen MR) is 77.9 cm³/mol. The molecule has 1 heterocycles.